The zero-order valence-corrected chi connectivity index (χ0v) is 16.6. The molecule has 1 saturated heterocycles. The van der Waals surface area contributed by atoms with Crippen LogP contribution >= 0.6 is 0 Å². The van der Waals surface area contributed by atoms with Gasteiger partial charge in [0.1, 0.15) is 0 Å². The number of aliphatic hydroxyl groups excluding tert-OH is 1. The Labute approximate surface area is 148 Å². The zero-order valence-electron chi connectivity index (χ0n) is 16.6. The van der Waals surface area contributed by atoms with Crippen LogP contribution in [0.2, 0.25) is 0 Å². The van der Waals surface area contributed by atoms with Gasteiger partial charge in [0.05, 0.1) is 6.10 Å². The largest absolute Gasteiger partial charge is 0.392 e. The van der Waals surface area contributed by atoms with Crippen molar-refractivity contribution in [3.05, 3.63) is 0 Å². The van der Waals surface area contributed by atoms with Crippen molar-refractivity contribution in [2.24, 2.45) is 23.2 Å². The van der Waals surface area contributed by atoms with Crippen LogP contribution in [0.15, 0.2) is 0 Å². The van der Waals surface area contributed by atoms with Crippen LogP contribution in [-0.4, -0.2) is 54.9 Å². The summed E-state index contributed by atoms with van der Waals surface area (Å²) in [6.07, 6.45) is 1.97. The maximum atomic E-state index is 12.1. The number of nitrogens with zero attached hydrogens (tertiary/aromatic N) is 1. The van der Waals surface area contributed by atoms with Gasteiger partial charge in [-0.3, -0.25) is 0 Å². The van der Waals surface area contributed by atoms with Gasteiger partial charge < -0.3 is 20.6 Å². The number of aliphatic hydroxyl groups is 1. The smallest absolute Gasteiger partial charge is 0.314 e. The molecule has 142 valence electrons. The van der Waals surface area contributed by atoms with Crippen molar-refractivity contribution in [3.63, 3.8) is 0 Å². The summed E-state index contributed by atoms with van der Waals surface area (Å²) < 4.78 is 0. The van der Waals surface area contributed by atoms with Crippen LogP contribution < -0.4 is 10.6 Å². The fraction of sp³-hybridized carbons (Fsp3) is 0.947. The molecule has 2 atom stereocenters. The van der Waals surface area contributed by atoms with Crippen molar-refractivity contribution in [1.29, 1.82) is 0 Å². The Morgan fingerprint density at radius 1 is 1.25 bits per heavy atom. The molecule has 0 bridgehead atoms. The minimum Gasteiger partial charge on any atom is -0.392 e. The molecule has 5 heteroatoms. The molecule has 0 spiro atoms. The number of urea groups is 1. The number of piperidine rings is 1. The molecule has 1 rings (SSSR count). The molecule has 1 fully saturated rings. The van der Waals surface area contributed by atoms with Crippen molar-refractivity contribution >= 4 is 6.03 Å². The lowest BCUT2D eigenvalue weighted by Crippen LogP contribution is -2.48. The second-order valence-electron chi connectivity index (χ2n) is 8.90. The van der Waals surface area contributed by atoms with E-state index < -0.39 is 6.10 Å². The van der Waals surface area contributed by atoms with Gasteiger partial charge in [0.2, 0.25) is 0 Å². The lowest BCUT2D eigenvalue weighted by molar-refractivity contribution is 0.0151. The van der Waals surface area contributed by atoms with E-state index in [4.69, 9.17) is 0 Å². The van der Waals surface area contributed by atoms with Gasteiger partial charge in [0.15, 0.2) is 0 Å². The van der Waals surface area contributed by atoms with Crippen molar-refractivity contribution in [2.45, 2.75) is 60.5 Å². The van der Waals surface area contributed by atoms with Gasteiger partial charge in [-0.05, 0) is 37.1 Å². The number of hydrogen-bond acceptors (Lipinski definition) is 3. The van der Waals surface area contributed by atoms with E-state index in [1.54, 1.807) is 0 Å². The third-order valence-electron chi connectivity index (χ3n) is 4.91. The van der Waals surface area contributed by atoms with E-state index in [1.165, 1.54) is 19.4 Å². The predicted octanol–water partition coefficient (Wildman–Crippen LogP) is 2.70. The van der Waals surface area contributed by atoms with Gasteiger partial charge in [-0.1, -0.05) is 41.5 Å². The van der Waals surface area contributed by atoms with Crippen molar-refractivity contribution < 1.29 is 9.90 Å². The minimum atomic E-state index is -0.430. The molecule has 1 aliphatic heterocycles. The van der Waals surface area contributed by atoms with E-state index in [0.29, 0.717) is 18.4 Å². The van der Waals surface area contributed by atoms with Crippen LogP contribution in [0.25, 0.3) is 0 Å². The van der Waals surface area contributed by atoms with Gasteiger partial charge in [-0.2, -0.15) is 0 Å². The quantitative estimate of drug-likeness (QED) is 0.636. The maximum absolute atomic E-state index is 12.1. The Morgan fingerprint density at radius 2 is 1.92 bits per heavy atom. The molecule has 0 aliphatic carbocycles. The summed E-state index contributed by atoms with van der Waals surface area (Å²) in [4.78, 5) is 14.6. The molecule has 3 N–H and O–H groups in total. The third-order valence-corrected chi connectivity index (χ3v) is 4.91. The highest BCUT2D eigenvalue weighted by Crippen LogP contribution is 2.25. The molecule has 24 heavy (non-hydrogen) atoms. The number of rotatable bonds is 8. The number of hydrogen-bond donors (Lipinski definition) is 3. The molecule has 0 saturated carbocycles. The van der Waals surface area contributed by atoms with E-state index in [2.05, 4.69) is 29.4 Å². The first-order valence-corrected chi connectivity index (χ1v) is 9.54. The molecule has 0 aromatic carbocycles. The normalized spacial score (nSPS) is 21.1. The number of carbonyl (C=O) groups excluding carboxylic acids is 1. The highest BCUT2D eigenvalue weighted by atomic mass is 16.3. The molecule has 0 aromatic heterocycles. The fourth-order valence-electron chi connectivity index (χ4n) is 3.61. The number of nitrogens with one attached hydrogen (secondary N) is 2. The fourth-order valence-corrected chi connectivity index (χ4v) is 3.61. The van der Waals surface area contributed by atoms with Crippen LogP contribution in [0.3, 0.4) is 0 Å². The number of carbonyl (C=O) groups is 1. The van der Waals surface area contributed by atoms with Gasteiger partial charge in [0.25, 0.3) is 0 Å². The van der Waals surface area contributed by atoms with E-state index in [0.717, 1.165) is 19.6 Å². The molecule has 5 nitrogen and oxygen atoms in total. The third kappa shape index (κ3) is 7.39. The van der Waals surface area contributed by atoms with Gasteiger partial charge >= 0.3 is 6.03 Å². The highest BCUT2D eigenvalue weighted by molar-refractivity contribution is 5.73. The first-order valence-electron chi connectivity index (χ1n) is 9.54. The molecule has 2 amide bonds. The standard InChI is InChI=1S/C19H39N3O2/c1-14(2)11-22-9-7-8-16(12-22)10-20-18(24)21-13-19(5,6)17(23)15(3)4/h14-17,23H,7-13H2,1-6H3,(H2,20,21,24). The Hall–Kier alpha value is -0.810. The first-order chi connectivity index (χ1) is 11.1. The lowest BCUT2D eigenvalue weighted by Gasteiger charge is -2.34. The van der Waals surface area contributed by atoms with Crippen molar-refractivity contribution in [3.8, 4) is 0 Å². The Bertz CT molecular complexity index is 383. The van der Waals surface area contributed by atoms with Crippen molar-refractivity contribution in [1.82, 2.24) is 15.5 Å². The molecule has 0 radical (unpaired) electrons. The summed E-state index contributed by atoms with van der Waals surface area (Å²) in [5.74, 6) is 1.41. The van der Waals surface area contributed by atoms with Crippen LogP contribution in [0.1, 0.15) is 54.4 Å². The van der Waals surface area contributed by atoms with Gasteiger partial charge in [0, 0.05) is 31.6 Å². The lowest BCUT2D eigenvalue weighted by atomic mass is 9.81. The van der Waals surface area contributed by atoms with E-state index in [1.807, 2.05) is 27.7 Å². The van der Waals surface area contributed by atoms with Crippen LogP contribution in [0.5, 0.6) is 0 Å². The summed E-state index contributed by atoms with van der Waals surface area (Å²) in [6.45, 7) is 17.1. The van der Waals surface area contributed by atoms with Gasteiger partial charge in [-0.15, -0.1) is 0 Å². The summed E-state index contributed by atoms with van der Waals surface area (Å²) >= 11 is 0. The summed E-state index contributed by atoms with van der Waals surface area (Å²) in [5.41, 5.74) is -0.329. The molecular weight excluding hydrogens is 302 g/mol. The van der Waals surface area contributed by atoms with E-state index in [-0.39, 0.29) is 17.4 Å². The Balaban J connectivity index is 2.31. The van der Waals surface area contributed by atoms with Crippen LogP contribution in [0, 0.1) is 23.2 Å². The first kappa shape index (κ1) is 21.2. The van der Waals surface area contributed by atoms with Crippen molar-refractivity contribution in [2.75, 3.05) is 32.7 Å². The Morgan fingerprint density at radius 3 is 2.50 bits per heavy atom. The SMILES string of the molecule is CC(C)CN1CCCC(CNC(=O)NCC(C)(C)C(O)C(C)C)C1. The second kappa shape index (κ2) is 9.62. The number of likely N-dealkylation sites (tertiary alicyclic amines) is 1. The highest BCUT2D eigenvalue weighted by Gasteiger charge is 2.30. The summed E-state index contributed by atoms with van der Waals surface area (Å²) in [6, 6.07) is -0.125. The topological polar surface area (TPSA) is 64.6 Å². The number of amides is 2. The van der Waals surface area contributed by atoms with Crippen LogP contribution in [0.4, 0.5) is 4.79 Å². The van der Waals surface area contributed by atoms with E-state index in [9.17, 15) is 9.90 Å². The summed E-state index contributed by atoms with van der Waals surface area (Å²) in [7, 11) is 0. The Kier molecular flexibility index (Phi) is 8.51. The maximum Gasteiger partial charge on any atom is 0.314 e. The summed E-state index contributed by atoms with van der Waals surface area (Å²) in [5, 5.41) is 16.2. The predicted molar refractivity (Wildman–Crippen MR) is 100 cm³/mol. The molecular formula is C19H39N3O2. The molecule has 1 aliphatic rings. The zero-order chi connectivity index (χ0) is 18.3. The second-order valence-corrected chi connectivity index (χ2v) is 8.90. The monoisotopic (exact) mass is 341 g/mol. The van der Waals surface area contributed by atoms with Gasteiger partial charge in [-0.25, -0.2) is 4.79 Å². The molecule has 1 heterocycles. The average molecular weight is 342 g/mol. The molecule has 2 unspecified atom stereocenters. The minimum absolute atomic E-state index is 0.125. The molecule has 0 aromatic rings. The average Bonchev–Trinajstić information content (AvgIpc) is 2.50. The van der Waals surface area contributed by atoms with E-state index >= 15 is 0 Å². The van der Waals surface area contributed by atoms with Crippen LogP contribution in [-0.2, 0) is 0 Å².